The molecule has 1 rings (SSSR count). The van der Waals surface area contributed by atoms with Crippen molar-refractivity contribution in [2.75, 3.05) is 0 Å². The molecule has 13 heavy (non-hydrogen) atoms. The summed E-state index contributed by atoms with van der Waals surface area (Å²) in [6.45, 7) is 6.11. The van der Waals surface area contributed by atoms with Gasteiger partial charge in [0.15, 0.2) is 0 Å². The minimum absolute atomic E-state index is 0.254. The van der Waals surface area contributed by atoms with E-state index in [1.165, 1.54) is 12.8 Å². The van der Waals surface area contributed by atoms with Gasteiger partial charge in [0.2, 0.25) is 0 Å². The molecule has 0 aliphatic heterocycles. The van der Waals surface area contributed by atoms with Crippen LogP contribution in [0.4, 0.5) is 0 Å². The molecule has 0 aromatic rings. The summed E-state index contributed by atoms with van der Waals surface area (Å²) in [5.41, 5.74) is 0.254. The fourth-order valence-corrected chi connectivity index (χ4v) is 2.01. The molecule has 0 saturated heterocycles. The molecule has 0 aromatic heterocycles. The summed E-state index contributed by atoms with van der Waals surface area (Å²) >= 11 is 0. The summed E-state index contributed by atoms with van der Waals surface area (Å²) in [5.74, 6) is -0.761. The van der Waals surface area contributed by atoms with Gasteiger partial charge in [-0.3, -0.25) is 4.79 Å². The molecule has 0 radical (unpaired) electrons. The van der Waals surface area contributed by atoms with Crippen LogP contribution in [0, 0.1) is 5.41 Å². The third kappa shape index (κ3) is 2.44. The Labute approximate surface area is 79.5 Å². The molecular weight excluding hydrogens is 166 g/mol. The van der Waals surface area contributed by atoms with Gasteiger partial charge in [-0.2, -0.15) is 0 Å². The molecule has 0 amide bonds. The molecule has 0 spiro atoms. The molecule has 0 heterocycles. The normalized spacial score (nSPS) is 28.7. The lowest BCUT2D eigenvalue weighted by Gasteiger charge is -2.29. The zero-order chi connectivity index (χ0) is 10.1. The third-order valence-electron chi connectivity index (χ3n) is 3.08. The second-order valence-electron chi connectivity index (χ2n) is 4.66. The summed E-state index contributed by atoms with van der Waals surface area (Å²) in [6, 6.07) is -0.0685. The Morgan fingerprint density at radius 2 is 2.23 bits per heavy atom. The van der Waals surface area contributed by atoms with Crippen LogP contribution in [0.5, 0.6) is 0 Å². The van der Waals surface area contributed by atoms with E-state index in [9.17, 15) is 4.79 Å². The summed E-state index contributed by atoms with van der Waals surface area (Å²) < 4.78 is 0. The molecule has 0 aromatic carbocycles. The van der Waals surface area contributed by atoms with Crippen molar-refractivity contribution in [1.82, 2.24) is 5.32 Å². The maximum atomic E-state index is 10.6. The number of rotatable bonds is 3. The fraction of sp³-hybridized carbons (Fsp3) is 0.900. The highest BCUT2D eigenvalue weighted by Crippen LogP contribution is 2.37. The van der Waals surface area contributed by atoms with Gasteiger partial charge in [-0.15, -0.1) is 0 Å². The maximum Gasteiger partial charge on any atom is 0.320 e. The van der Waals surface area contributed by atoms with Crippen molar-refractivity contribution in [1.29, 1.82) is 0 Å². The number of hydrogen-bond donors (Lipinski definition) is 2. The molecule has 1 unspecified atom stereocenters. The lowest BCUT2D eigenvalue weighted by molar-refractivity contribution is -0.139. The van der Waals surface area contributed by atoms with Crippen LogP contribution in [-0.2, 0) is 4.79 Å². The highest BCUT2D eigenvalue weighted by atomic mass is 16.4. The average molecular weight is 185 g/mol. The van der Waals surface area contributed by atoms with Gasteiger partial charge in [-0.05, 0) is 25.2 Å². The Bertz CT molecular complexity index is 201. The predicted molar refractivity (Wildman–Crippen MR) is 51.7 cm³/mol. The van der Waals surface area contributed by atoms with Crippen LogP contribution >= 0.6 is 0 Å². The molecule has 1 saturated carbocycles. The standard InChI is InChI=1S/C10H19NO2/c1-7(9(12)13)11-8-5-4-6-10(8,2)3/h7-8,11H,4-6H2,1-3H3,(H,12,13)/t7-,8?/m0/s1. The second kappa shape index (κ2) is 3.66. The SMILES string of the molecule is C[C@H](NC1CCCC1(C)C)C(=O)O. The zero-order valence-corrected chi connectivity index (χ0v) is 8.63. The number of carboxylic acids is 1. The molecule has 1 aliphatic rings. The van der Waals surface area contributed by atoms with E-state index in [1.807, 2.05) is 0 Å². The smallest absolute Gasteiger partial charge is 0.320 e. The monoisotopic (exact) mass is 185 g/mol. The number of hydrogen-bond acceptors (Lipinski definition) is 2. The Morgan fingerprint density at radius 1 is 1.62 bits per heavy atom. The summed E-state index contributed by atoms with van der Waals surface area (Å²) in [5, 5.41) is 11.9. The highest BCUT2D eigenvalue weighted by molar-refractivity contribution is 5.72. The fourth-order valence-electron chi connectivity index (χ4n) is 2.01. The van der Waals surface area contributed by atoms with Crippen molar-refractivity contribution < 1.29 is 9.90 Å². The van der Waals surface area contributed by atoms with Gasteiger partial charge in [0.1, 0.15) is 6.04 Å². The third-order valence-corrected chi connectivity index (χ3v) is 3.08. The van der Waals surface area contributed by atoms with Crippen LogP contribution in [-0.4, -0.2) is 23.2 Å². The van der Waals surface area contributed by atoms with Crippen LogP contribution in [0.25, 0.3) is 0 Å². The van der Waals surface area contributed by atoms with E-state index in [1.54, 1.807) is 6.92 Å². The van der Waals surface area contributed by atoms with E-state index < -0.39 is 12.0 Å². The van der Waals surface area contributed by atoms with Crippen molar-refractivity contribution in [2.45, 2.75) is 52.1 Å². The van der Waals surface area contributed by atoms with Crippen LogP contribution in [0.2, 0.25) is 0 Å². The minimum atomic E-state index is -0.761. The summed E-state index contributed by atoms with van der Waals surface area (Å²) in [7, 11) is 0. The quantitative estimate of drug-likeness (QED) is 0.702. The average Bonchev–Trinajstić information content (AvgIpc) is 2.30. The van der Waals surface area contributed by atoms with Gasteiger partial charge in [-0.1, -0.05) is 20.3 Å². The second-order valence-corrected chi connectivity index (χ2v) is 4.66. The summed E-state index contributed by atoms with van der Waals surface area (Å²) in [6.07, 6.45) is 3.50. The van der Waals surface area contributed by atoms with E-state index in [4.69, 9.17) is 5.11 Å². The van der Waals surface area contributed by atoms with Crippen LogP contribution in [0.1, 0.15) is 40.0 Å². The molecule has 2 atom stereocenters. The van der Waals surface area contributed by atoms with Gasteiger partial charge in [-0.25, -0.2) is 0 Å². The van der Waals surface area contributed by atoms with Gasteiger partial charge < -0.3 is 10.4 Å². The number of carbonyl (C=O) groups is 1. The molecule has 3 nitrogen and oxygen atoms in total. The molecule has 2 N–H and O–H groups in total. The first-order chi connectivity index (χ1) is 5.93. The molecule has 76 valence electrons. The van der Waals surface area contributed by atoms with Crippen LogP contribution < -0.4 is 5.32 Å². The zero-order valence-electron chi connectivity index (χ0n) is 8.63. The van der Waals surface area contributed by atoms with E-state index in [-0.39, 0.29) is 5.41 Å². The Morgan fingerprint density at radius 3 is 2.62 bits per heavy atom. The van der Waals surface area contributed by atoms with Crippen LogP contribution in [0.3, 0.4) is 0 Å². The Hall–Kier alpha value is -0.570. The van der Waals surface area contributed by atoms with E-state index in [2.05, 4.69) is 19.2 Å². The summed E-state index contributed by atoms with van der Waals surface area (Å²) in [4.78, 5) is 10.6. The van der Waals surface area contributed by atoms with Crippen molar-refractivity contribution in [3.8, 4) is 0 Å². The van der Waals surface area contributed by atoms with Crippen molar-refractivity contribution in [3.05, 3.63) is 0 Å². The number of carboxylic acid groups (broad SMARTS) is 1. The Kier molecular flexibility index (Phi) is 2.96. The van der Waals surface area contributed by atoms with E-state index in [0.29, 0.717) is 6.04 Å². The largest absolute Gasteiger partial charge is 0.480 e. The van der Waals surface area contributed by atoms with Crippen molar-refractivity contribution in [3.63, 3.8) is 0 Å². The number of aliphatic carboxylic acids is 1. The van der Waals surface area contributed by atoms with Gasteiger partial charge >= 0.3 is 5.97 Å². The Balaban J connectivity index is 2.49. The number of nitrogens with one attached hydrogen (secondary N) is 1. The molecule has 0 bridgehead atoms. The molecule has 3 heteroatoms. The molecule has 1 aliphatic carbocycles. The highest BCUT2D eigenvalue weighted by Gasteiger charge is 2.35. The topological polar surface area (TPSA) is 49.3 Å². The first-order valence-electron chi connectivity index (χ1n) is 4.92. The van der Waals surface area contributed by atoms with Gasteiger partial charge in [0, 0.05) is 6.04 Å². The first kappa shape index (κ1) is 10.5. The maximum absolute atomic E-state index is 10.6. The minimum Gasteiger partial charge on any atom is -0.480 e. The first-order valence-corrected chi connectivity index (χ1v) is 4.92. The van der Waals surface area contributed by atoms with Gasteiger partial charge in [0.05, 0.1) is 0 Å². The van der Waals surface area contributed by atoms with Crippen molar-refractivity contribution >= 4 is 5.97 Å². The molecular formula is C10H19NO2. The lowest BCUT2D eigenvalue weighted by atomic mass is 9.87. The van der Waals surface area contributed by atoms with Crippen LogP contribution in [0.15, 0.2) is 0 Å². The predicted octanol–water partition coefficient (Wildman–Crippen LogP) is 1.63. The van der Waals surface area contributed by atoms with Crippen molar-refractivity contribution in [2.24, 2.45) is 5.41 Å². The van der Waals surface area contributed by atoms with E-state index >= 15 is 0 Å². The van der Waals surface area contributed by atoms with E-state index in [0.717, 1.165) is 6.42 Å². The molecule has 1 fully saturated rings. The lowest BCUT2D eigenvalue weighted by Crippen LogP contribution is -2.46. The van der Waals surface area contributed by atoms with Gasteiger partial charge in [0.25, 0.3) is 0 Å².